The van der Waals surface area contributed by atoms with Crippen LogP contribution in [-0.2, 0) is 0 Å². The molecule has 0 spiro atoms. The molecule has 2 heteroatoms. The van der Waals surface area contributed by atoms with Gasteiger partial charge >= 0.3 is 0 Å². The molecule has 2 rings (SSSR count). The number of rotatable bonds is 3. The molecule has 0 radical (unpaired) electrons. The average Bonchev–Trinajstić information content (AvgIpc) is 2.34. The highest BCUT2D eigenvalue weighted by Gasteiger charge is 2.32. The van der Waals surface area contributed by atoms with Crippen LogP contribution in [0.1, 0.15) is 38.5 Å². The zero-order valence-electron chi connectivity index (χ0n) is 7.63. The average molecular weight is 169 g/mol. The summed E-state index contributed by atoms with van der Waals surface area (Å²) in [6.45, 7) is 0.342. The third-order valence-corrected chi connectivity index (χ3v) is 3.47. The van der Waals surface area contributed by atoms with Crippen LogP contribution in [0.2, 0.25) is 0 Å². The topological polar surface area (TPSA) is 32.3 Å². The van der Waals surface area contributed by atoms with Crippen LogP contribution in [0.3, 0.4) is 0 Å². The normalized spacial score (nSPS) is 36.8. The van der Waals surface area contributed by atoms with Gasteiger partial charge in [-0.3, -0.25) is 0 Å². The maximum Gasteiger partial charge on any atom is 0.0445 e. The molecule has 2 nitrogen and oxygen atoms in total. The standard InChI is InChI=1S/C10H19NO/c12-7-6-9-4-5-10(11-9)8-2-1-3-8/h8-12H,1-7H2. The van der Waals surface area contributed by atoms with E-state index in [-0.39, 0.29) is 0 Å². The Kier molecular flexibility index (Phi) is 2.66. The molecule has 1 heterocycles. The van der Waals surface area contributed by atoms with Gasteiger partial charge in [0.15, 0.2) is 0 Å². The number of hydrogen-bond donors (Lipinski definition) is 2. The molecular weight excluding hydrogens is 150 g/mol. The fraction of sp³-hybridized carbons (Fsp3) is 1.00. The molecule has 2 unspecified atom stereocenters. The number of nitrogens with one attached hydrogen (secondary N) is 1. The molecule has 2 aliphatic rings. The lowest BCUT2D eigenvalue weighted by molar-refractivity contribution is 0.230. The summed E-state index contributed by atoms with van der Waals surface area (Å²) < 4.78 is 0. The van der Waals surface area contributed by atoms with Gasteiger partial charge in [0, 0.05) is 18.7 Å². The van der Waals surface area contributed by atoms with E-state index >= 15 is 0 Å². The number of aliphatic hydroxyl groups is 1. The summed E-state index contributed by atoms with van der Waals surface area (Å²) in [7, 11) is 0. The van der Waals surface area contributed by atoms with E-state index in [4.69, 9.17) is 5.11 Å². The Labute approximate surface area is 74.4 Å². The summed E-state index contributed by atoms with van der Waals surface area (Å²) >= 11 is 0. The lowest BCUT2D eigenvalue weighted by Crippen LogP contribution is -2.38. The van der Waals surface area contributed by atoms with Crippen molar-refractivity contribution in [3.8, 4) is 0 Å². The number of aliphatic hydroxyl groups excluding tert-OH is 1. The molecule has 0 aromatic carbocycles. The SMILES string of the molecule is OCCC1CCC(C2CCC2)N1. The monoisotopic (exact) mass is 169 g/mol. The van der Waals surface area contributed by atoms with E-state index in [0.717, 1.165) is 18.4 Å². The van der Waals surface area contributed by atoms with Gasteiger partial charge in [-0.05, 0) is 38.0 Å². The quantitative estimate of drug-likeness (QED) is 0.667. The Morgan fingerprint density at radius 3 is 2.58 bits per heavy atom. The minimum absolute atomic E-state index is 0.342. The van der Waals surface area contributed by atoms with Crippen LogP contribution in [0.25, 0.3) is 0 Å². The molecule has 0 aromatic rings. The van der Waals surface area contributed by atoms with E-state index in [2.05, 4.69) is 5.32 Å². The van der Waals surface area contributed by atoms with Crippen molar-refractivity contribution in [3.63, 3.8) is 0 Å². The van der Waals surface area contributed by atoms with Gasteiger partial charge in [-0.15, -0.1) is 0 Å². The van der Waals surface area contributed by atoms with Crippen molar-refractivity contribution in [1.29, 1.82) is 0 Å². The molecule has 12 heavy (non-hydrogen) atoms. The van der Waals surface area contributed by atoms with Crippen molar-refractivity contribution in [2.75, 3.05) is 6.61 Å². The molecule has 2 N–H and O–H groups in total. The maximum atomic E-state index is 8.78. The Morgan fingerprint density at radius 2 is 2.00 bits per heavy atom. The van der Waals surface area contributed by atoms with Crippen LogP contribution >= 0.6 is 0 Å². The van der Waals surface area contributed by atoms with Crippen LogP contribution in [-0.4, -0.2) is 23.8 Å². The van der Waals surface area contributed by atoms with E-state index in [1.54, 1.807) is 0 Å². The second-order valence-corrected chi connectivity index (χ2v) is 4.25. The van der Waals surface area contributed by atoms with E-state index in [9.17, 15) is 0 Å². The van der Waals surface area contributed by atoms with Crippen LogP contribution in [0.5, 0.6) is 0 Å². The lowest BCUT2D eigenvalue weighted by atomic mass is 9.79. The zero-order valence-corrected chi connectivity index (χ0v) is 7.63. The molecular formula is C10H19NO. The first-order valence-electron chi connectivity index (χ1n) is 5.27. The van der Waals surface area contributed by atoms with Crippen LogP contribution in [0.15, 0.2) is 0 Å². The highest BCUT2D eigenvalue weighted by Crippen LogP contribution is 2.34. The van der Waals surface area contributed by atoms with Crippen LogP contribution < -0.4 is 5.32 Å². The summed E-state index contributed by atoms with van der Waals surface area (Å²) in [5, 5.41) is 12.4. The Hall–Kier alpha value is -0.0800. The van der Waals surface area contributed by atoms with Crippen molar-refractivity contribution in [3.05, 3.63) is 0 Å². The highest BCUT2D eigenvalue weighted by atomic mass is 16.3. The fourth-order valence-electron chi connectivity index (χ4n) is 2.45. The van der Waals surface area contributed by atoms with E-state index in [1.165, 1.54) is 32.1 Å². The Bertz CT molecular complexity index is 145. The molecule has 0 amide bonds. The number of hydrogen-bond acceptors (Lipinski definition) is 2. The maximum absolute atomic E-state index is 8.78. The van der Waals surface area contributed by atoms with Crippen LogP contribution in [0, 0.1) is 5.92 Å². The van der Waals surface area contributed by atoms with E-state index < -0.39 is 0 Å². The highest BCUT2D eigenvalue weighted by molar-refractivity contribution is 4.90. The van der Waals surface area contributed by atoms with Gasteiger partial charge in [0.2, 0.25) is 0 Å². The third-order valence-electron chi connectivity index (χ3n) is 3.47. The van der Waals surface area contributed by atoms with Gasteiger partial charge in [0.05, 0.1) is 0 Å². The molecule has 1 saturated carbocycles. The minimum Gasteiger partial charge on any atom is -0.396 e. The third kappa shape index (κ3) is 1.64. The van der Waals surface area contributed by atoms with Gasteiger partial charge in [0.1, 0.15) is 0 Å². The zero-order chi connectivity index (χ0) is 8.39. The van der Waals surface area contributed by atoms with Crippen LogP contribution in [0.4, 0.5) is 0 Å². The van der Waals surface area contributed by atoms with Gasteiger partial charge in [0.25, 0.3) is 0 Å². The van der Waals surface area contributed by atoms with Gasteiger partial charge in [-0.25, -0.2) is 0 Å². The van der Waals surface area contributed by atoms with Gasteiger partial charge < -0.3 is 10.4 Å². The minimum atomic E-state index is 0.342. The van der Waals surface area contributed by atoms with Gasteiger partial charge in [-0.2, -0.15) is 0 Å². The van der Waals surface area contributed by atoms with Crippen molar-refractivity contribution in [2.45, 2.75) is 50.6 Å². The van der Waals surface area contributed by atoms with Crippen molar-refractivity contribution in [2.24, 2.45) is 5.92 Å². The molecule has 0 aromatic heterocycles. The molecule has 1 saturated heterocycles. The van der Waals surface area contributed by atoms with E-state index in [0.29, 0.717) is 12.6 Å². The van der Waals surface area contributed by atoms with E-state index in [1.807, 2.05) is 0 Å². The smallest absolute Gasteiger partial charge is 0.0445 e. The predicted molar refractivity (Wildman–Crippen MR) is 49.0 cm³/mol. The summed E-state index contributed by atoms with van der Waals surface area (Å²) in [5.74, 6) is 0.966. The lowest BCUT2D eigenvalue weighted by Gasteiger charge is -2.31. The Balaban J connectivity index is 1.73. The summed E-state index contributed by atoms with van der Waals surface area (Å²) in [5.41, 5.74) is 0. The predicted octanol–water partition coefficient (Wildman–Crippen LogP) is 1.29. The molecule has 2 fully saturated rings. The summed E-state index contributed by atoms with van der Waals surface area (Å²) in [6.07, 6.45) is 7.88. The molecule has 2 atom stereocenters. The molecule has 1 aliphatic heterocycles. The second-order valence-electron chi connectivity index (χ2n) is 4.25. The van der Waals surface area contributed by atoms with Crippen molar-refractivity contribution >= 4 is 0 Å². The van der Waals surface area contributed by atoms with Gasteiger partial charge in [-0.1, -0.05) is 6.42 Å². The first-order valence-corrected chi connectivity index (χ1v) is 5.27. The Morgan fingerprint density at radius 1 is 1.17 bits per heavy atom. The summed E-state index contributed by atoms with van der Waals surface area (Å²) in [4.78, 5) is 0. The fourth-order valence-corrected chi connectivity index (χ4v) is 2.45. The van der Waals surface area contributed by atoms with Crippen molar-refractivity contribution in [1.82, 2.24) is 5.32 Å². The summed E-state index contributed by atoms with van der Waals surface area (Å²) in [6, 6.07) is 1.40. The van der Waals surface area contributed by atoms with Crippen molar-refractivity contribution < 1.29 is 5.11 Å². The second kappa shape index (κ2) is 3.75. The molecule has 0 bridgehead atoms. The largest absolute Gasteiger partial charge is 0.396 e. The first-order chi connectivity index (χ1) is 5.90. The molecule has 1 aliphatic carbocycles. The first kappa shape index (κ1) is 8.52. The molecule has 70 valence electrons.